The molecule has 0 radical (unpaired) electrons. The van der Waals surface area contributed by atoms with Crippen LogP contribution in [0.25, 0.3) is 0 Å². The van der Waals surface area contributed by atoms with Gasteiger partial charge in [-0.25, -0.2) is 0 Å². The van der Waals surface area contributed by atoms with Gasteiger partial charge in [-0.2, -0.15) is 10.1 Å². The molecule has 152 valence electrons. The summed E-state index contributed by atoms with van der Waals surface area (Å²) in [7, 11) is 0. The number of nitrogens with zero attached hydrogens (tertiary/aromatic N) is 2. The van der Waals surface area contributed by atoms with Gasteiger partial charge in [0.15, 0.2) is 0 Å². The maximum atomic E-state index is 12.4. The number of nitrogens with one attached hydrogen (secondary N) is 3. The van der Waals surface area contributed by atoms with Crippen LogP contribution < -0.4 is 21.0 Å². The van der Waals surface area contributed by atoms with Gasteiger partial charge in [0.05, 0.1) is 23.4 Å². The molecule has 30 heavy (non-hydrogen) atoms. The maximum absolute atomic E-state index is 12.4. The minimum Gasteiger partial charge on any atom is -0.340 e. The quantitative estimate of drug-likeness (QED) is 0.712. The second-order valence-electron chi connectivity index (χ2n) is 6.91. The lowest BCUT2D eigenvalue weighted by atomic mass is 10.1. The molecule has 4 amide bonds. The number of hydrazone groups is 1. The molecule has 2 aromatic rings. The van der Waals surface area contributed by atoms with Crippen LogP contribution in [0.4, 0.5) is 11.4 Å². The summed E-state index contributed by atoms with van der Waals surface area (Å²) >= 11 is 0. The van der Waals surface area contributed by atoms with Crippen molar-refractivity contribution in [2.75, 3.05) is 10.3 Å². The van der Waals surface area contributed by atoms with E-state index in [2.05, 4.69) is 21.1 Å². The fourth-order valence-corrected chi connectivity index (χ4v) is 3.28. The van der Waals surface area contributed by atoms with Crippen molar-refractivity contribution in [3.05, 3.63) is 60.2 Å². The van der Waals surface area contributed by atoms with Crippen molar-refractivity contribution in [2.24, 2.45) is 5.10 Å². The Labute approximate surface area is 172 Å². The summed E-state index contributed by atoms with van der Waals surface area (Å²) in [6.07, 6.45) is 0.0743. The summed E-state index contributed by atoms with van der Waals surface area (Å²) in [4.78, 5) is 49.2. The number of para-hydroxylation sites is 2. The molecule has 9 heteroatoms. The Hall–Kier alpha value is -4.01. The van der Waals surface area contributed by atoms with Crippen molar-refractivity contribution in [2.45, 2.75) is 25.3 Å². The second-order valence-corrected chi connectivity index (χ2v) is 6.91. The standard InChI is InChI=1S/C21H19N5O4/c27-18(24-17-12-19(28)26(25-17)13-6-2-1-3-7-13)11-10-16-21(30)22-15-9-5-4-8-14(15)20(29)23-16/h1-9,16H,10-12H2,(H,22,30)(H,23,29)(H,24,25,27). The van der Waals surface area contributed by atoms with Gasteiger partial charge in [-0.05, 0) is 30.7 Å². The largest absolute Gasteiger partial charge is 0.340 e. The predicted molar refractivity (Wildman–Crippen MR) is 110 cm³/mol. The summed E-state index contributed by atoms with van der Waals surface area (Å²) in [5.41, 5.74) is 1.42. The lowest BCUT2D eigenvalue weighted by molar-refractivity contribution is -0.120. The van der Waals surface area contributed by atoms with Gasteiger partial charge in [0, 0.05) is 6.42 Å². The molecule has 2 aliphatic heterocycles. The molecule has 9 nitrogen and oxygen atoms in total. The Morgan fingerprint density at radius 2 is 1.80 bits per heavy atom. The molecule has 0 aromatic heterocycles. The average Bonchev–Trinajstić information content (AvgIpc) is 3.05. The van der Waals surface area contributed by atoms with Gasteiger partial charge in [-0.15, -0.1) is 0 Å². The van der Waals surface area contributed by atoms with Crippen LogP contribution in [-0.4, -0.2) is 35.5 Å². The fourth-order valence-electron chi connectivity index (χ4n) is 3.28. The van der Waals surface area contributed by atoms with Crippen molar-refractivity contribution in [1.82, 2.24) is 10.6 Å². The predicted octanol–water partition coefficient (Wildman–Crippen LogP) is 1.38. The van der Waals surface area contributed by atoms with Gasteiger partial charge in [0.1, 0.15) is 11.9 Å². The number of hydrogen-bond donors (Lipinski definition) is 3. The molecule has 4 rings (SSSR count). The number of anilines is 2. The molecule has 0 fully saturated rings. The van der Waals surface area contributed by atoms with E-state index in [1.807, 2.05) is 6.07 Å². The molecule has 1 unspecified atom stereocenters. The Kier molecular flexibility index (Phi) is 5.25. The van der Waals surface area contributed by atoms with Crippen LogP contribution in [0.5, 0.6) is 0 Å². The Bertz CT molecular complexity index is 1050. The van der Waals surface area contributed by atoms with Crippen LogP contribution in [0.1, 0.15) is 29.6 Å². The smallest absolute Gasteiger partial charge is 0.255 e. The van der Waals surface area contributed by atoms with E-state index in [0.29, 0.717) is 16.9 Å². The third kappa shape index (κ3) is 4.04. The van der Waals surface area contributed by atoms with Crippen LogP contribution in [0.3, 0.4) is 0 Å². The molecule has 1 atom stereocenters. The molecule has 2 aromatic carbocycles. The second kappa shape index (κ2) is 8.16. The molecular formula is C21H19N5O4. The molecule has 3 N–H and O–H groups in total. The van der Waals surface area contributed by atoms with Gasteiger partial charge < -0.3 is 16.0 Å². The molecule has 0 saturated heterocycles. The molecular weight excluding hydrogens is 386 g/mol. The molecule has 2 heterocycles. The molecule has 0 aliphatic carbocycles. The highest BCUT2D eigenvalue weighted by Gasteiger charge is 2.29. The number of carbonyl (C=O) groups excluding carboxylic acids is 4. The summed E-state index contributed by atoms with van der Waals surface area (Å²) in [6.45, 7) is 0. The first-order valence-corrected chi connectivity index (χ1v) is 9.47. The number of rotatable bonds is 4. The molecule has 0 spiro atoms. The maximum Gasteiger partial charge on any atom is 0.255 e. The highest BCUT2D eigenvalue weighted by molar-refractivity contribution is 6.16. The molecule has 0 saturated carbocycles. The van der Waals surface area contributed by atoms with E-state index < -0.39 is 6.04 Å². The lowest BCUT2D eigenvalue weighted by Gasteiger charge is -2.14. The van der Waals surface area contributed by atoms with Crippen molar-refractivity contribution in [3.63, 3.8) is 0 Å². The fraction of sp³-hybridized carbons (Fsp3) is 0.190. The number of amidine groups is 1. The zero-order valence-electron chi connectivity index (χ0n) is 15.9. The zero-order valence-corrected chi connectivity index (χ0v) is 15.9. The van der Waals surface area contributed by atoms with Crippen LogP contribution in [-0.2, 0) is 14.4 Å². The summed E-state index contributed by atoms with van der Waals surface area (Å²) < 4.78 is 0. The topological polar surface area (TPSA) is 120 Å². The van der Waals surface area contributed by atoms with Gasteiger partial charge in [0.2, 0.25) is 11.8 Å². The molecule has 0 bridgehead atoms. The van der Waals surface area contributed by atoms with E-state index in [-0.39, 0.29) is 48.7 Å². The number of fused-ring (bicyclic) bond motifs is 1. The van der Waals surface area contributed by atoms with E-state index in [0.717, 1.165) is 0 Å². The van der Waals surface area contributed by atoms with E-state index >= 15 is 0 Å². The lowest BCUT2D eigenvalue weighted by Crippen LogP contribution is -2.42. The first-order valence-electron chi connectivity index (χ1n) is 9.47. The van der Waals surface area contributed by atoms with Crippen LogP contribution in [0.2, 0.25) is 0 Å². The van der Waals surface area contributed by atoms with Gasteiger partial charge >= 0.3 is 0 Å². The Balaban J connectivity index is 1.35. The minimum absolute atomic E-state index is 0.0173. The van der Waals surface area contributed by atoms with E-state index in [4.69, 9.17) is 0 Å². The SMILES string of the molecule is O=C(CCC1NC(=O)c2ccccc2NC1=O)NC1=NN(c2ccccc2)C(=O)C1. The minimum atomic E-state index is -0.844. The number of hydrogen-bond acceptors (Lipinski definition) is 5. The van der Waals surface area contributed by atoms with Gasteiger partial charge in [-0.3, -0.25) is 19.2 Å². The van der Waals surface area contributed by atoms with Crippen molar-refractivity contribution in [3.8, 4) is 0 Å². The zero-order chi connectivity index (χ0) is 21.1. The first-order chi connectivity index (χ1) is 14.5. The third-order valence-electron chi connectivity index (χ3n) is 4.77. The number of carbonyl (C=O) groups is 4. The Morgan fingerprint density at radius 3 is 2.60 bits per heavy atom. The first kappa shape index (κ1) is 19.3. The number of amides is 4. The van der Waals surface area contributed by atoms with Gasteiger partial charge in [-0.1, -0.05) is 30.3 Å². The van der Waals surface area contributed by atoms with Crippen molar-refractivity contribution < 1.29 is 19.2 Å². The van der Waals surface area contributed by atoms with Crippen molar-refractivity contribution >= 4 is 40.8 Å². The number of benzene rings is 2. The monoisotopic (exact) mass is 405 g/mol. The summed E-state index contributed by atoms with van der Waals surface area (Å²) in [6, 6.07) is 14.8. The average molecular weight is 405 g/mol. The normalized spacial score (nSPS) is 18.1. The van der Waals surface area contributed by atoms with Crippen molar-refractivity contribution in [1.29, 1.82) is 0 Å². The Morgan fingerprint density at radius 1 is 1.07 bits per heavy atom. The highest BCUT2D eigenvalue weighted by atomic mass is 16.2. The van der Waals surface area contributed by atoms with Crippen LogP contribution in [0.15, 0.2) is 59.7 Å². The van der Waals surface area contributed by atoms with E-state index in [1.165, 1.54) is 5.01 Å². The van der Waals surface area contributed by atoms with Crippen LogP contribution >= 0.6 is 0 Å². The highest BCUT2D eigenvalue weighted by Crippen LogP contribution is 2.20. The summed E-state index contributed by atoms with van der Waals surface area (Å²) in [5.74, 6) is -1.15. The summed E-state index contributed by atoms with van der Waals surface area (Å²) in [5, 5.41) is 13.4. The third-order valence-corrected chi connectivity index (χ3v) is 4.77. The van der Waals surface area contributed by atoms with E-state index in [9.17, 15) is 19.2 Å². The molecule has 2 aliphatic rings. The van der Waals surface area contributed by atoms with Crippen LogP contribution in [0, 0.1) is 0 Å². The van der Waals surface area contributed by atoms with E-state index in [1.54, 1.807) is 48.5 Å². The van der Waals surface area contributed by atoms with Gasteiger partial charge in [0.25, 0.3) is 11.8 Å².